The summed E-state index contributed by atoms with van der Waals surface area (Å²) in [7, 11) is 0. The fourth-order valence-corrected chi connectivity index (χ4v) is 9.11. The van der Waals surface area contributed by atoms with Crippen molar-refractivity contribution in [2.75, 3.05) is 0 Å². The Kier molecular flexibility index (Phi) is 5.19. The standard InChI is InChI=1S/C30H44O3/c1-18(2)16-19-17-20(26(32)33-19)21-10-14-30(7)23-8-9-24-27(3,4)25(31)12-13-28(24,5)22(23)11-15-29(21,30)6/h8,11,16,19-21,24-25,31H,9-10,12-15,17H2,1-7H3. The summed E-state index contributed by atoms with van der Waals surface area (Å²) in [6, 6.07) is 0. The molecular formula is C30H44O3. The summed E-state index contributed by atoms with van der Waals surface area (Å²) in [5.74, 6) is 0.891. The van der Waals surface area contributed by atoms with Crippen molar-refractivity contribution < 1.29 is 14.6 Å². The fraction of sp³-hybridized carbons (Fsp3) is 0.767. The summed E-state index contributed by atoms with van der Waals surface area (Å²) in [5, 5.41) is 10.8. The van der Waals surface area contributed by atoms with Crippen molar-refractivity contribution in [1.29, 1.82) is 0 Å². The number of cyclic esters (lactones) is 1. The molecule has 33 heavy (non-hydrogen) atoms. The van der Waals surface area contributed by atoms with Gasteiger partial charge in [0.1, 0.15) is 6.10 Å². The maximum absolute atomic E-state index is 13.0. The molecule has 3 heteroatoms. The van der Waals surface area contributed by atoms with Crippen LogP contribution < -0.4 is 0 Å². The van der Waals surface area contributed by atoms with Crippen LogP contribution >= 0.6 is 0 Å². The number of allylic oxidation sites excluding steroid dienone is 5. The van der Waals surface area contributed by atoms with Crippen LogP contribution in [0.3, 0.4) is 0 Å². The highest BCUT2D eigenvalue weighted by atomic mass is 16.5. The molecule has 0 radical (unpaired) electrons. The third-order valence-corrected chi connectivity index (χ3v) is 11.3. The van der Waals surface area contributed by atoms with Crippen LogP contribution in [-0.2, 0) is 9.53 Å². The van der Waals surface area contributed by atoms with E-state index in [2.05, 4.69) is 66.7 Å². The van der Waals surface area contributed by atoms with E-state index in [1.807, 2.05) is 0 Å². The molecular weight excluding hydrogens is 408 g/mol. The number of hydrogen-bond donors (Lipinski definition) is 1. The number of carbonyl (C=O) groups is 1. The molecule has 0 aromatic carbocycles. The lowest BCUT2D eigenvalue weighted by Crippen LogP contribution is -2.54. The molecule has 3 nitrogen and oxygen atoms in total. The molecule has 4 aliphatic carbocycles. The summed E-state index contributed by atoms with van der Waals surface area (Å²) < 4.78 is 5.81. The Morgan fingerprint density at radius 3 is 2.48 bits per heavy atom. The monoisotopic (exact) mass is 452 g/mol. The lowest BCUT2D eigenvalue weighted by Gasteiger charge is -2.61. The largest absolute Gasteiger partial charge is 0.458 e. The van der Waals surface area contributed by atoms with E-state index in [-0.39, 0.29) is 45.8 Å². The van der Waals surface area contributed by atoms with Crippen molar-refractivity contribution in [3.8, 4) is 0 Å². The van der Waals surface area contributed by atoms with E-state index in [9.17, 15) is 9.90 Å². The van der Waals surface area contributed by atoms with Gasteiger partial charge in [-0.25, -0.2) is 0 Å². The zero-order chi connectivity index (χ0) is 24.0. The molecule has 1 N–H and O–H groups in total. The van der Waals surface area contributed by atoms with Crippen molar-refractivity contribution in [3.05, 3.63) is 34.9 Å². The second-order valence-corrected chi connectivity index (χ2v) is 13.5. The van der Waals surface area contributed by atoms with Gasteiger partial charge in [-0.05, 0) is 103 Å². The molecule has 0 amide bonds. The molecule has 5 aliphatic rings. The number of carbonyl (C=O) groups excluding carboxylic acids is 1. The van der Waals surface area contributed by atoms with E-state index < -0.39 is 0 Å². The van der Waals surface area contributed by atoms with E-state index in [0.29, 0.717) is 11.8 Å². The van der Waals surface area contributed by atoms with Gasteiger partial charge < -0.3 is 9.84 Å². The molecule has 182 valence electrons. The summed E-state index contributed by atoms with van der Waals surface area (Å²) in [6.07, 6.45) is 14.1. The molecule has 3 fully saturated rings. The van der Waals surface area contributed by atoms with Crippen LogP contribution in [0.25, 0.3) is 0 Å². The molecule has 0 aromatic heterocycles. The molecule has 0 aromatic rings. The minimum atomic E-state index is -0.214. The van der Waals surface area contributed by atoms with Gasteiger partial charge >= 0.3 is 5.97 Å². The van der Waals surface area contributed by atoms with Crippen LogP contribution in [0.15, 0.2) is 34.9 Å². The quantitative estimate of drug-likeness (QED) is 0.371. The molecule has 0 spiro atoms. The number of rotatable bonds is 2. The van der Waals surface area contributed by atoms with Gasteiger partial charge in [-0.2, -0.15) is 0 Å². The topological polar surface area (TPSA) is 46.5 Å². The Hall–Kier alpha value is -1.35. The van der Waals surface area contributed by atoms with E-state index in [1.165, 1.54) is 5.57 Å². The maximum Gasteiger partial charge on any atom is 0.309 e. The van der Waals surface area contributed by atoms with Gasteiger partial charge in [0.2, 0.25) is 0 Å². The average Bonchev–Trinajstić information content (AvgIpc) is 3.20. The van der Waals surface area contributed by atoms with Crippen LogP contribution in [-0.4, -0.2) is 23.3 Å². The summed E-state index contributed by atoms with van der Waals surface area (Å²) in [6.45, 7) is 16.1. The zero-order valence-electron chi connectivity index (χ0n) is 21.8. The van der Waals surface area contributed by atoms with Crippen LogP contribution in [0.1, 0.15) is 93.4 Å². The normalized spacial score (nSPS) is 48.1. The van der Waals surface area contributed by atoms with Crippen molar-refractivity contribution in [2.45, 2.75) is 106 Å². The Morgan fingerprint density at radius 1 is 1.06 bits per heavy atom. The first-order valence-electron chi connectivity index (χ1n) is 13.3. The van der Waals surface area contributed by atoms with Crippen molar-refractivity contribution in [1.82, 2.24) is 0 Å². The first kappa shape index (κ1) is 23.4. The van der Waals surface area contributed by atoms with Crippen molar-refractivity contribution in [3.63, 3.8) is 0 Å². The van der Waals surface area contributed by atoms with E-state index in [4.69, 9.17) is 4.74 Å². The molecule has 8 atom stereocenters. The summed E-state index contributed by atoms with van der Waals surface area (Å²) in [4.78, 5) is 13.0. The number of esters is 1. The average molecular weight is 453 g/mol. The summed E-state index contributed by atoms with van der Waals surface area (Å²) in [5.41, 5.74) is 4.60. The number of aliphatic hydroxyl groups excluding tert-OH is 1. The van der Waals surface area contributed by atoms with Gasteiger partial charge in [-0.15, -0.1) is 0 Å². The molecule has 1 saturated heterocycles. The number of fused-ring (bicyclic) bond motifs is 5. The first-order valence-corrected chi connectivity index (χ1v) is 13.3. The Labute approximate surface area is 200 Å². The third kappa shape index (κ3) is 3.06. The molecule has 1 aliphatic heterocycles. The van der Waals surface area contributed by atoms with Gasteiger partial charge in [0.05, 0.1) is 12.0 Å². The highest BCUT2D eigenvalue weighted by molar-refractivity contribution is 5.75. The van der Waals surface area contributed by atoms with Gasteiger partial charge in [-0.3, -0.25) is 4.79 Å². The third-order valence-electron chi connectivity index (χ3n) is 11.3. The Morgan fingerprint density at radius 2 is 1.79 bits per heavy atom. The minimum absolute atomic E-state index is 0.0173. The molecule has 5 rings (SSSR count). The number of aliphatic hydroxyl groups is 1. The van der Waals surface area contributed by atoms with Gasteiger partial charge in [-0.1, -0.05) is 52.3 Å². The number of hydrogen-bond acceptors (Lipinski definition) is 3. The van der Waals surface area contributed by atoms with E-state index in [1.54, 1.807) is 11.1 Å². The van der Waals surface area contributed by atoms with Crippen molar-refractivity contribution >= 4 is 5.97 Å². The van der Waals surface area contributed by atoms with Gasteiger partial charge in [0.15, 0.2) is 0 Å². The highest BCUT2D eigenvalue weighted by Crippen LogP contribution is 2.72. The van der Waals surface area contributed by atoms with Crippen LogP contribution in [0.4, 0.5) is 0 Å². The lowest BCUT2D eigenvalue weighted by atomic mass is 9.44. The van der Waals surface area contributed by atoms with E-state index in [0.717, 1.165) is 44.9 Å². The Balaban J connectivity index is 1.50. The summed E-state index contributed by atoms with van der Waals surface area (Å²) >= 11 is 0. The number of ether oxygens (including phenoxy) is 1. The second-order valence-electron chi connectivity index (χ2n) is 13.5. The molecule has 1 heterocycles. The predicted molar refractivity (Wildman–Crippen MR) is 132 cm³/mol. The minimum Gasteiger partial charge on any atom is -0.458 e. The SMILES string of the molecule is CC(C)=CC1CC(C2CCC3(C)C4=CCC5C(C)(CCC(O)C5(C)C)C4=CCC23C)C(=O)O1. The van der Waals surface area contributed by atoms with Crippen LogP contribution in [0.2, 0.25) is 0 Å². The van der Waals surface area contributed by atoms with Crippen LogP contribution in [0, 0.1) is 39.4 Å². The second kappa shape index (κ2) is 7.33. The highest BCUT2D eigenvalue weighted by Gasteiger charge is 2.64. The first-order chi connectivity index (χ1) is 15.3. The molecule has 8 unspecified atom stereocenters. The molecule has 2 saturated carbocycles. The lowest BCUT2D eigenvalue weighted by molar-refractivity contribution is -0.145. The van der Waals surface area contributed by atoms with E-state index >= 15 is 0 Å². The van der Waals surface area contributed by atoms with Gasteiger partial charge in [0.25, 0.3) is 0 Å². The maximum atomic E-state index is 13.0. The smallest absolute Gasteiger partial charge is 0.309 e. The zero-order valence-corrected chi connectivity index (χ0v) is 21.8. The fourth-order valence-electron chi connectivity index (χ4n) is 9.11. The molecule has 0 bridgehead atoms. The Bertz CT molecular complexity index is 950. The van der Waals surface area contributed by atoms with Crippen LogP contribution in [0.5, 0.6) is 0 Å². The van der Waals surface area contributed by atoms with Crippen molar-refractivity contribution in [2.24, 2.45) is 39.4 Å². The van der Waals surface area contributed by atoms with Gasteiger partial charge in [0, 0.05) is 6.42 Å². The predicted octanol–water partition coefficient (Wildman–Crippen LogP) is 6.77.